The van der Waals surface area contributed by atoms with Gasteiger partial charge >= 0.3 is 0 Å². The minimum absolute atomic E-state index is 0.174. The molecule has 0 aliphatic carbocycles. The van der Waals surface area contributed by atoms with Crippen LogP contribution in [0, 0.1) is 0 Å². The highest BCUT2D eigenvalue weighted by Crippen LogP contribution is 2.29. The quantitative estimate of drug-likeness (QED) is 0.557. The number of nitrogens with one attached hydrogen (secondary N) is 1. The van der Waals surface area contributed by atoms with Crippen molar-refractivity contribution >= 4 is 23.4 Å². The Bertz CT molecular complexity index is 911. The standard InChI is InChI=1S/C23H23NO3S/c1-26-20-12-13-21(22(14-20)27-2)24-23(25)19-10-8-18(9-11-19)16-28-15-17-6-4-3-5-7-17/h3-14H,15-16H2,1-2H3,(H,24,25). The molecule has 0 saturated heterocycles. The minimum Gasteiger partial charge on any atom is -0.497 e. The molecule has 3 aromatic rings. The molecule has 144 valence electrons. The first-order valence-electron chi connectivity index (χ1n) is 8.93. The summed E-state index contributed by atoms with van der Waals surface area (Å²) in [4.78, 5) is 12.5. The van der Waals surface area contributed by atoms with E-state index in [0.717, 1.165) is 11.5 Å². The zero-order valence-corrected chi connectivity index (χ0v) is 16.8. The van der Waals surface area contributed by atoms with Crippen LogP contribution in [0.1, 0.15) is 21.5 Å². The Hall–Kier alpha value is -2.92. The smallest absolute Gasteiger partial charge is 0.255 e. The summed E-state index contributed by atoms with van der Waals surface area (Å²) in [6, 6.07) is 23.4. The van der Waals surface area contributed by atoms with Crippen molar-refractivity contribution in [3.8, 4) is 11.5 Å². The van der Waals surface area contributed by atoms with Gasteiger partial charge in [0.1, 0.15) is 11.5 Å². The number of carbonyl (C=O) groups is 1. The van der Waals surface area contributed by atoms with Crippen molar-refractivity contribution in [2.75, 3.05) is 19.5 Å². The second-order valence-electron chi connectivity index (χ2n) is 6.20. The molecule has 0 unspecified atom stereocenters. The lowest BCUT2D eigenvalue weighted by atomic mass is 10.1. The predicted molar refractivity (Wildman–Crippen MR) is 115 cm³/mol. The largest absolute Gasteiger partial charge is 0.497 e. The van der Waals surface area contributed by atoms with Gasteiger partial charge in [-0.05, 0) is 35.4 Å². The van der Waals surface area contributed by atoms with Gasteiger partial charge in [-0.25, -0.2) is 0 Å². The van der Waals surface area contributed by atoms with E-state index in [2.05, 4.69) is 29.6 Å². The van der Waals surface area contributed by atoms with Gasteiger partial charge in [0, 0.05) is 23.1 Å². The maximum Gasteiger partial charge on any atom is 0.255 e. The summed E-state index contributed by atoms with van der Waals surface area (Å²) in [6.07, 6.45) is 0. The average molecular weight is 394 g/mol. The fourth-order valence-corrected chi connectivity index (χ4v) is 3.67. The van der Waals surface area contributed by atoms with E-state index in [1.165, 1.54) is 11.1 Å². The number of benzene rings is 3. The fraction of sp³-hybridized carbons (Fsp3) is 0.174. The van der Waals surface area contributed by atoms with Gasteiger partial charge in [0.25, 0.3) is 5.91 Å². The lowest BCUT2D eigenvalue weighted by molar-refractivity contribution is 0.102. The van der Waals surface area contributed by atoms with Crippen LogP contribution in [0.4, 0.5) is 5.69 Å². The number of ether oxygens (including phenoxy) is 2. The molecule has 0 atom stereocenters. The number of anilines is 1. The van der Waals surface area contributed by atoms with E-state index in [-0.39, 0.29) is 5.91 Å². The Kier molecular flexibility index (Phi) is 6.98. The molecule has 1 amide bonds. The summed E-state index contributed by atoms with van der Waals surface area (Å²) in [6.45, 7) is 0. The van der Waals surface area contributed by atoms with Crippen LogP contribution in [0.15, 0.2) is 72.8 Å². The third kappa shape index (κ3) is 5.30. The summed E-state index contributed by atoms with van der Waals surface area (Å²) in [5.41, 5.74) is 3.72. The normalized spacial score (nSPS) is 10.4. The van der Waals surface area contributed by atoms with E-state index in [1.54, 1.807) is 32.4 Å². The van der Waals surface area contributed by atoms with Gasteiger partial charge in [0.15, 0.2) is 0 Å². The molecule has 3 rings (SSSR count). The summed E-state index contributed by atoms with van der Waals surface area (Å²) in [7, 11) is 3.15. The highest BCUT2D eigenvalue weighted by molar-refractivity contribution is 7.97. The second-order valence-corrected chi connectivity index (χ2v) is 7.18. The van der Waals surface area contributed by atoms with Crippen LogP contribution in [-0.4, -0.2) is 20.1 Å². The van der Waals surface area contributed by atoms with Crippen LogP contribution in [0.2, 0.25) is 0 Å². The molecule has 0 aliphatic heterocycles. The van der Waals surface area contributed by atoms with Gasteiger partial charge in [0.05, 0.1) is 19.9 Å². The number of hydrogen-bond acceptors (Lipinski definition) is 4. The van der Waals surface area contributed by atoms with Gasteiger partial charge in [0.2, 0.25) is 0 Å². The van der Waals surface area contributed by atoms with Crippen LogP contribution < -0.4 is 14.8 Å². The predicted octanol–water partition coefficient (Wildman–Crippen LogP) is 5.39. The Labute approximate surface area is 169 Å². The molecule has 4 nitrogen and oxygen atoms in total. The SMILES string of the molecule is COc1ccc(NC(=O)c2ccc(CSCc3ccccc3)cc2)c(OC)c1. The van der Waals surface area contributed by atoms with Crippen molar-refractivity contribution in [3.05, 3.63) is 89.5 Å². The lowest BCUT2D eigenvalue weighted by Gasteiger charge is -2.12. The summed E-state index contributed by atoms with van der Waals surface area (Å²) in [5.74, 6) is 2.93. The first-order chi connectivity index (χ1) is 13.7. The molecule has 0 heterocycles. The van der Waals surface area contributed by atoms with Crippen molar-refractivity contribution in [2.45, 2.75) is 11.5 Å². The van der Waals surface area contributed by atoms with Gasteiger partial charge in [-0.2, -0.15) is 11.8 Å². The van der Waals surface area contributed by atoms with E-state index in [0.29, 0.717) is 22.7 Å². The van der Waals surface area contributed by atoms with Gasteiger partial charge < -0.3 is 14.8 Å². The molecule has 0 saturated carbocycles. The molecule has 0 aromatic heterocycles. The van der Waals surface area contributed by atoms with Crippen LogP contribution in [0.5, 0.6) is 11.5 Å². The number of methoxy groups -OCH3 is 2. The first-order valence-corrected chi connectivity index (χ1v) is 10.1. The average Bonchev–Trinajstić information content (AvgIpc) is 2.75. The second kappa shape index (κ2) is 9.85. The molecular weight excluding hydrogens is 370 g/mol. The molecule has 0 fully saturated rings. The van der Waals surface area contributed by atoms with Crippen molar-refractivity contribution < 1.29 is 14.3 Å². The van der Waals surface area contributed by atoms with Crippen LogP contribution in [0.3, 0.4) is 0 Å². The van der Waals surface area contributed by atoms with Gasteiger partial charge in [-0.15, -0.1) is 0 Å². The van der Waals surface area contributed by atoms with Crippen molar-refractivity contribution in [1.82, 2.24) is 0 Å². The topological polar surface area (TPSA) is 47.6 Å². The van der Waals surface area contributed by atoms with Crippen molar-refractivity contribution in [1.29, 1.82) is 0 Å². The minimum atomic E-state index is -0.174. The van der Waals surface area contributed by atoms with Gasteiger partial charge in [-0.1, -0.05) is 42.5 Å². The highest BCUT2D eigenvalue weighted by Gasteiger charge is 2.11. The molecular formula is C23H23NO3S. The summed E-state index contributed by atoms with van der Waals surface area (Å²) >= 11 is 1.86. The number of hydrogen-bond donors (Lipinski definition) is 1. The first kappa shape index (κ1) is 19.8. The number of amides is 1. The van der Waals surface area contributed by atoms with E-state index < -0.39 is 0 Å². The van der Waals surface area contributed by atoms with Crippen LogP contribution in [0.25, 0.3) is 0 Å². The number of carbonyl (C=O) groups excluding carboxylic acids is 1. The summed E-state index contributed by atoms with van der Waals surface area (Å²) in [5, 5.41) is 2.89. The van der Waals surface area contributed by atoms with Crippen molar-refractivity contribution in [2.24, 2.45) is 0 Å². The molecule has 0 bridgehead atoms. The van der Waals surface area contributed by atoms with Crippen LogP contribution in [-0.2, 0) is 11.5 Å². The molecule has 3 aromatic carbocycles. The zero-order chi connectivity index (χ0) is 19.8. The maximum absolute atomic E-state index is 12.5. The van der Waals surface area contributed by atoms with E-state index in [4.69, 9.17) is 9.47 Å². The highest BCUT2D eigenvalue weighted by atomic mass is 32.2. The Morgan fingerprint density at radius 1 is 0.857 bits per heavy atom. The zero-order valence-electron chi connectivity index (χ0n) is 16.0. The molecule has 0 spiro atoms. The number of rotatable bonds is 8. The molecule has 0 aliphatic rings. The Morgan fingerprint density at radius 3 is 2.18 bits per heavy atom. The third-order valence-electron chi connectivity index (χ3n) is 4.25. The monoisotopic (exact) mass is 393 g/mol. The third-order valence-corrected chi connectivity index (χ3v) is 5.33. The van der Waals surface area contributed by atoms with E-state index >= 15 is 0 Å². The van der Waals surface area contributed by atoms with Gasteiger partial charge in [-0.3, -0.25) is 4.79 Å². The summed E-state index contributed by atoms with van der Waals surface area (Å²) < 4.78 is 10.5. The Balaban J connectivity index is 1.58. The maximum atomic E-state index is 12.5. The Morgan fingerprint density at radius 2 is 1.54 bits per heavy atom. The molecule has 0 radical (unpaired) electrons. The number of thioether (sulfide) groups is 1. The fourth-order valence-electron chi connectivity index (χ4n) is 2.71. The van der Waals surface area contributed by atoms with E-state index in [9.17, 15) is 4.79 Å². The van der Waals surface area contributed by atoms with Crippen LogP contribution >= 0.6 is 11.8 Å². The molecule has 1 N–H and O–H groups in total. The van der Waals surface area contributed by atoms with E-state index in [1.807, 2.05) is 42.1 Å². The molecule has 28 heavy (non-hydrogen) atoms. The molecule has 5 heteroatoms. The van der Waals surface area contributed by atoms with Crippen molar-refractivity contribution in [3.63, 3.8) is 0 Å². The lowest BCUT2D eigenvalue weighted by Crippen LogP contribution is -2.12.